The first-order chi connectivity index (χ1) is 9.16. The van der Waals surface area contributed by atoms with Crippen LogP contribution in [-0.2, 0) is 0 Å². The van der Waals surface area contributed by atoms with Gasteiger partial charge in [-0.3, -0.25) is 0 Å². The Kier molecular flexibility index (Phi) is 7.75. The van der Waals surface area contributed by atoms with Crippen molar-refractivity contribution in [1.82, 2.24) is 0 Å². The number of rotatable bonds is 9. The van der Waals surface area contributed by atoms with Gasteiger partial charge in [0.1, 0.15) is 5.56 Å². The third-order valence-electron chi connectivity index (χ3n) is 2.82. The summed E-state index contributed by atoms with van der Waals surface area (Å²) in [6.45, 7) is 0.778. The highest BCUT2D eigenvalue weighted by Gasteiger charge is 2.13. The predicted octanol–water partition coefficient (Wildman–Crippen LogP) is 4.37. The number of carbonyl (C=O) groups is 1. The minimum absolute atomic E-state index is 0.159. The van der Waals surface area contributed by atoms with Crippen molar-refractivity contribution in [3.05, 3.63) is 28.8 Å². The Labute approximate surface area is 123 Å². The molecule has 19 heavy (non-hydrogen) atoms. The summed E-state index contributed by atoms with van der Waals surface area (Å²) in [7, 11) is 0. The molecule has 0 aliphatic heterocycles. The molecule has 0 heterocycles. The van der Waals surface area contributed by atoms with E-state index >= 15 is 0 Å². The number of halogens is 1. The molecule has 0 saturated carbocycles. The number of aromatic carboxylic acids is 1. The van der Waals surface area contributed by atoms with Crippen molar-refractivity contribution in [3.63, 3.8) is 0 Å². The van der Waals surface area contributed by atoms with E-state index in [0.717, 1.165) is 19.4 Å². The summed E-state index contributed by atoms with van der Waals surface area (Å²) in [4.78, 5) is 11.1. The third kappa shape index (κ3) is 5.74. The first kappa shape index (κ1) is 16.2. The lowest BCUT2D eigenvalue weighted by molar-refractivity contribution is 0.0698. The van der Waals surface area contributed by atoms with Crippen LogP contribution in [0.5, 0.6) is 0 Å². The van der Waals surface area contributed by atoms with Crippen LogP contribution < -0.4 is 5.32 Å². The Morgan fingerprint density at radius 1 is 1.32 bits per heavy atom. The van der Waals surface area contributed by atoms with E-state index < -0.39 is 5.97 Å². The molecule has 1 aromatic rings. The highest BCUT2D eigenvalue weighted by atomic mass is 35.5. The molecule has 2 N–H and O–H groups in total. The van der Waals surface area contributed by atoms with E-state index in [4.69, 9.17) is 16.7 Å². The molecular formula is C14H20ClNO2S. The highest BCUT2D eigenvalue weighted by molar-refractivity contribution is 7.98. The maximum absolute atomic E-state index is 11.1. The van der Waals surface area contributed by atoms with E-state index in [-0.39, 0.29) is 10.6 Å². The van der Waals surface area contributed by atoms with Gasteiger partial charge in [0.2, 0.25) is 0 Å². The zero-order chi connectivity index (χ0) is 14.1. The smallest absolute Gasteiger partial charge is 0.339 e. The van der Waals surface area contributed by atoms with Crippen molar-refractivity contribution >= 4 is 35.0 Å². The fourth-order valence-electron chi connectivity index (χ4n) is 1.84. The SMILES string of the molecule is CSCCCCCCNc1cccc(Cl)c1C(=O)O. The standard InChI is InChI=1S/C14H20ClNO2S/c1-19-10-5-3-2-4-9-16-12-8-6-7-11(15)13(12)14(17)18/h6-8,16H,2-5,9-10H2,1H3,(H,17,18). The number of hydrogen-bond donors (Lipinski definition) is 2. The Morgan fingerprint density at radius 3 is 2.74 bits per heavy atom. The van der Waals surface area contributed by atoms with Crippen LogP contribution in [0.3, 0.4) is 0 Å². The van der Waals surface area contributed by atoms with Crippen molar-refractivity contribution in [1.29, 1.82) is 0 Å². The van der Waals surface area contributed by atoms with Crippen LogP contribution in [0, 0.1) is 0 Å². The molecule has 0 atom stereocenters. The average Bonchev–Trinajstić information content (AvgIpc) is 2.37. The molecule has 0 radical (unpaired) electrons. The molecule has 5 heteroatoms. The minimum Gasteiger partial charge on any atom is -0.478 e. The van der Waals surface area contributed by atoms with Crippen LogP contribution in [0.2, 0.25) is 5.02 Å². The normalized spacial score (nSPS) is 10.4. The van der Waals surface area contributed by atoms with Gasteiger partial charge in [-0.15, -0.1) is 0 Å². The molecule has 0 unspecified atom stereocenters. The van der Waals surface area contributed by atoms with Crippen LogP contribution in [0.4, 0.5) is 5.69 Å². The Bertz CT molecular complexity index is 412. The van der Waals surface area contributed by atoms with Crippen LogP contribution >= 0.6 is 23.4 Å². The molecule has 0 amide bonds. The fourth-order valence-corrected chi connectivity index (χ4v) is 2.58. The van der Waals surface area contributed by atoms with E-state index in [9.17, 15) is 4.79 Å². The van der Waals surface area contributed by atoms with Gasteiger partial charge in [-0.25, -0.2) is 4.79 Å². The number of anilines is 1. The molecule has 0 spiro atoms. The first-order valence-corrected chi connectivity index (χ1v) is 8.18. The zero-order valence-corrected chi connectivity index (χ0v) is 12.7. The summed E-state index contributed by atoms with van der Waals surface area (Å²) in [5, 5.41) is 12.6. The number of carboxylic acid groups (broad SMARTS) is 1. The summed E-state index contributed by atoms with van der Waals surface area (Å²) in [6.07, 6.45) is 6.80. The van der Waals surface area contributed by atoms with E-state index in [1.807, 2.05) is 11.8 Å². The van der Waals surface area contributed by atoms with Crippen molar-refractivity contribution in [2.24, 2.45) is 0 Å². The van der Waals surface area contributed by atoms with Gasteiger partial charge in [0.25, 0.3) is 0 Å². The van der Waals surface area contributed by atoms with Crippen LogP contribution in [-0.4, -0.2) is 29.6 Å². The second-order valence-electron chi connectivity index (χ2n) is 4.30. The minimum atomic E-state index is -0.993. The van der Waals surface area contributed by atoms with Gasteiger partial charge in [-0.2, -0.15) is 11.8 Å². The largest absolute Gasteiger partial charge is 0.478 e. The number of thioether (sulfide) groups is 1. The van der Waals surface area contributed by atoms with E-state index in [1.54, 1.807) is 18.2 Å². The molecule has 0 aromatic heterocycles. The van der Waals surface area contributed by atoms with Gasteiger partial charge in [-0.1, -0.05) is 30.5 Å². The monoisotopic (exact) mass is 301 g/mol. The van der Waals surface area contributed by atoms with Crippen LogP contribution in [0.25, 0.3) is 0 Å². The van der Waals surface area contributed by atoms with Crippen molar-refractivity contribution in [3.8, 4) is 0 Å². The van der Waals surface area contributed by atoms with E-state index in [1.165, 1.54) is 18.6 Å². The number of benzene rings is 1. The number of nitrogens with one attached hydrogen (secondary N) is 1. The Balaban J connectivity index is 2.37. The van der Waals surface area contributed by atoms with Gasteiger partial charge < -0.3 is 10.4 Å². The highest BCUT2D eigenvalue weighted by Crippen LogP contribution is 2.24. The second kappa shape index (κ2) is 9.10. The number of unbranched alkanes of at least 4 members (excludes halogenated alkanes) is 3. The third-order valence-corrected chi connectivity index (χ3v) is 3.83. The van der Waals surface area contributed by atoms with E-state index in [0.29, 0.717) is 5.69 Å². The lowest BCUT2D eigenvalue weighted by Crippen LogP contribution is -2.08. The predicted molar refractivity (Wildman–Crippen MR) is 83.8 cm³/mol. The zero-order valence-electron chi connectivity index (χ0n) is 11.1. The second-order valence-corrected chi connectivity index (χ2v) is 5.69. The van der Waals surface area contributed by atoms with Gasteiger partial charge in [-0.05, 0) is 37.0 Å². The summed E-state index contributed by atoms with van der Waals surface area (Å²) in [6, 6.07) is 5.11. The summed E-state index contributed by atoms with van der Waals surface area (Å²) >= 11 is 7.77. The van der Waals surface area contributed by atoms with Crippen LogP contribution in [0.1, 0.15) is 36.0 Å². The summed E-state index contributed by atoms with van der Waals surface area (Å²) < 4.78 is 0. The van der Waals surface area contributed by atoms with Crippen LogP contribution in [0.15, 0.2) is 18.2 Å². The lowest BCUT2D eigenvalue weighted by Gasteiger charge is -2.10. The van der Waals surface area contributed by atoms with Gasteiger partial charge in [0, 0.05) is 6.54 Å². The molecular weight excluding hydrogens is 282 g/mol. The number of carboxylic acids is 1. The van der Waals surface area contributed by atoms with Crippen molar-refractivity contribution < 1.29 is 9.90 Å². The van der Waals surface area contributed by atoms with Gasteiger partial charge >= 0.3 is 5.97 Å². The molecule has 0 bridgehead atoms. The van der Waals surface area contributed by atoms with Gasteiger partial charge in [0.15, 0.2) is 0 Å². The first-order valence-electron chi connectivity index (χ1n) is 6.41. The topological polar surface area (TPSA) is 49.3 Å². The maximum atomic E-state index is 11.1. The van der Waals surface area contributed by atoms with Gasteiger partial charge in [0.05, 0.1) is 10.7 Å². The molecule has 0 aliphatic carbocycles. The molecule has 1 aromatic carbocycles. The maximum Gasteiger partial charge on any atom is 0.339 e. The average molecular weight is 302 g/mol. The molecule has 3 nitrogen and oxygen atoms in total. The molecule has 1 rings (SSSR count). The van der Waals surface area contributed by atoms with Crippen molar-refractivity contribution in [2.75, 3.05) is 23.9 Å². The summed E-state index contributed by atoms with van der Waals surface area (Å²) in [5.74, 6) is 0.221. The van der Waals surface area contributed by atoms with E-state index in [2.05, 4.69) is 11.6 Å². The quantitative estimate of drug-likeness (QED) is 0.665. The molecule has 0 saturated heterocycles. The Hall–Kier alpha value is -0.870. The number of hydrogen-bond acceptors (Lipinski definition) is 3. The molecule has 106 valence electrons. The molecule has 0 fully saturated rings. The van der Waals surface area contributed by atoms with Crippen molar-refractivity contribution in [2.45, 2.75) is 25.7 Å². The Morgan fingerprint density at radius 2 is 2.05 bits per heavy atom. The lowest BCUT2D eigenvalue weighted by atomic mass is 10.1. The fraction of sp³-hybridized carbons (Fsp3) is 0.500. The summed E-state index contributed by atoms with van der Waals surface area (Å²) in [5.41, 5.74) is 0.760. The molecule has 0 aliphatic rings.